The maximum absolute atomic E-state index is 11.5. The number of hydrogen-bond donors (Lipinski definition) is 2. The van der Waals surface area contributed by atoms with Gasteiger partial charge in [0.05, 0.1) is 13.2 Å². The Kier molecular flexibility index (Phi) is 6.26. The van der Waals surface area contributed by atoms with Crippen molar-refractivity contribution in [2.75, 3.05) is 13.2 Å². The van der Waals surface area contributed by atoms with E-state index in [4.69, 9.17) is 9.15 Å². The van der Waals surface area contributed by atoms with Crippen molar-refractivity contribution >= 4 is 5.97 Å². The van der Waals surface area contributed by atoms with Gasteiger partial charge in [-0.25, -0.2) is 4.79 Å². The van der Waals surface area contributed by atoms with E-state index >= 15 is 0 Å². The van der Waals surface area contributed by atoms with Crippen molar-refractivity contribution in [2.45, 2.75) is 51.6 Å². The van der Waals surface area contributed by atoms with E-state index in [2.05, 4.69) is 5.32 Å². The maximum Gasteiger partial charge on any atom is 0.374 e. The molecule has 1 aromatic heterocycles. The van der Waals surface area contributed by atoms with Crippen LogP contribution >= 0.6 is 0 Å². The van der Waals surface area contributed by atoms with Crippen LogP contribution in [0.1, 0.15) is 55.3 Å². The lowest BCUT2D eigenvalue weighted by molar-refractivity contribution is 0.0487. The van der Waals surface area contributed by atoms with E-state index in [1.165, 1.54) is 19.3 Å². The summed E-state index contributed by atoms with van der Waals surface area (Å²) < 4.78 is 10.4. The Balaban J connectivity index is 1.88. The second-order valence-electron chi connectivity index (χ2n) is 5.55. The molecule has 21 heavy (non-hydrogen) atoms. The van der Waals surface area contributed by atoms with Crippen molar-refractivity contribution in [3.8, 4) is 0 Å². The van der Waals surface area contributed by atoms with Gasteiger partial charge >= 0.3 is 5.97 Å². The Morgan fingerprint density at radius 3 is 2.95 bits per heavy atom. The molecule has 0 radical (unpaired) electrons. The average molecular weight is 295 g/mol. The fourth-order valence-electron chi connectivity index (χ4n) is 2.89. The number of rotatable bonds is 6. The predicted octanol–water partition coefficient (Wildman–Crippen LogP) is 2.49. The molecule has 0 amide bonds. The van der Waals surface area contributed by atoms with Gasteiger partial charge in [0.2, 0.25) is 5.76 Å². The van der Waals surface area contributed by atoms with Crippen LogP contribution in [0.2, 0.25) is 0 Å². The lowest BCUT2D eigenvalue weighted by atomic mass is 9.95. The first-order valence-electron chi connectivity index (χ1n) is 7.84. The molecule has 1 heterocycles. The molecule has 1 aromatic rings. The molecule has 1 aliphatic rings. The summed E-state index contributed by atoms with van der Waals surface area (Å²) >= 11 is 0. The monoisotopic (exact) mass is 295 g/mol. The second kappa shape index (κ2) is 8.20. The summed E-state index contributed by atoms with van der Waals surface area (Å²) in [6, 6.07) is 3.75. The fourth-order valence-corrected chi connectivity index (χ4v) is 2.89. The van der Waals surface area contributed by atoms with Crippen LogP contribution in [-0.4, -0.2) is 30.3 Å². The molecule has 1 aliphatic carbocycles. The lowest BCUT2D eigenvalue weighted by Gasteiger charge is -2.24. The minimum atomic E-state index is -0.425. The molecule has 0 bridgehead atoms. The third-order valence-electron chi connectivity index (χ3n) is 4.07. The topological polar surface area (TPSA) is 71.7 Å². The molecule has 2 N–H and O–H groups in total. The van der Waals surface area contributed by atoms with Gasteiger partial charge in [-0.2, -0.15) is 0 Å². The largest absolute Gasteiger partial charge is 0.460 e. The number of aliphatic hydroxyl groups is 1. The van der Waals surface area contributed by atoms with E-state index in [1.54, 1.807) is 19.1 Å². The Labute approximate surface area is 125 Å². The highest BCUT2D eigenvalue weighted by Crippen LogP contribution is 2.23. The highest BCUT2D eigenvalue weighted by Gasteiger charge is 2.23. The number of hydrogen-bond acceptors (Lipinski definition) is 5. The first-order chi connectivity index (χ1) is 10.2. The Morgan fingerprint density at radius 1 is 1.38 bits per heavy atom. The molecule has 1 saturated carbocycles. The first kappa shape index (κ1) is 16.0. The molecule has 2 rings (SSSR count). The van der Waals surface area contributed by atoms with Crippen LogP contribution in [0.5, 0.6) is 0 Å². The molecule has 0 spiro atoms. The van der Waals surface area contributed by atoms with Gasteiger partial charge in [-0.1, -0.05) is 19.3 Å². The summed E-state index contributed by atoms with van der Waals surface area (Å²) in [6.07, 6.45) is 5.77. The normalized spacial score (nSPS) is 22.8. The summed E-state index contributed by atoms with van der Waals surface area (Å²) in [5, 5.41) is 13.0. The van der Waals surface area contributed by atoms with E-state index in [0.717, 1.165) is 18.6 Å². The number of furan rings is 1. The molecule has 1 fully saturated rings. The Hall–Kier alpha value is -1.33. The number of carbonyl (C=O) groups excluding carboxylic acids is 1. The van der Waals surface area contributed by atoms with Gasteiger partial charge in [0, 0.05) is 12.6 Å². The van der Waals surface area contributed by atoms with Gasteiger partial charge in [-0.3, -0.25) is 0 Å². The number of carbonyl (C=O) groups is 1. The number of ether oxygens (including phenoxy) is 1. The molecule has 2 unspecified atom stereocenters. The standard InChI is InChI=1S/C16H25NO4/c1-2-20-16(19)15-9-8-13(21-15)10-17-14-7-5-3-4-6-12(14)11-18/h8-9,12,14,17-18H,2-7,10-11H2,1H3. The molecular weight excluding hydrogens is 270 g/mol. The Morgan fingerprint density at radius 2 is 2.19 bits per heavy atom. The van der Waals surface area contributed by atoms with E-state index in [0.29, 0.717) is 25.1 Å². The van der Waals surface area contributed by atoms with E-state index < -0.39 is 5.97 Å². The van der Waals surface area contributed by atoms with Crippen LogP contribution in [0.3, 0.4) is 0 Å². The second-order valence-corrected chi connectivity index (χ2v) is 5.55. The van der Waals surface area contributed by atoms with Gasteiger partial charge in [0.15, 0.2) is 0 Å². The highest BCUT2D eigenvalue weighted by molar-refractivity contribution is 5.86. The molecular formula is C16H25NO4. The van der Waals surface area contributed by atoms with Gasteiger partial charge in [0.25, 0.3) is 0 Å². The first-order valence-corrected chi connectivity index (χ1v) is 7.84. The van der Waals surface area contributed by atoms with Gasteiger partial charge < -0.3 is 19.6 Å². The van der Waals surface area contributed by atoms with Crippen molar-refractivity contribution in [1.29, 1.82) is 0 Å². The summed E-state index contributed by atoms with van der Waals surface area (Å²) in [6.45, 7) is 2.90. The predicted molar refractivity (Wildman–Crippen MR) is 79.0 cm³/mol. The van der Waals surface area contributed by atoms with Gasteiger partial charge in [-0.05, 0) is 37.8 Å². The van der Waals surface area contributed by atoms with E-state index in [1.807, 2.05) is 0 Å². The molecule has 2 atom stereocenters. The zero-order chi connectivity index (χ0) is 15.1. The SMILES string of the molecule is CCOC(=O)c1ccc(CNC2CCCCCC2CO)o1. The zero-order valence-electron chi connectivity index (χ0n) is 12.6. The molecule has 0 aromatic carbocycles. The van der Waals surface area contributed by atoms with Crippen molar-refractivity contribution in [3.05, 3.63) is 23.7 Å². The van der Waals surface area contributed by atoms with Crippen LogP contribution in [0.25, 0.3) is 0 Å². The van der Waals surface area contributed by atoms with Crippen LogP contribution in [-0.2, 0) is 11.3 Å². The fraction of sp³-hybridized carbons (Fsp3) is 0.688. The van der Waals surface area contributed by atoms with E-state index in [-0.39, 0.29) is 12.4 Å². The average Bonchev–Trinajstić information content (AvgIpc) is 2.84. The van der Waals surface area contributed by atoms with Crippen molar-refractivity contribution in [3.63, 3.8) is 0 Å². The Bertz CT molecular complexity index is 443. The highest BCUT2D eigenvalue weighted by atomic mass is 16.5. The third-order valence-corrected chi connectivity index (χ3v) is 4.07. The van der Waals surface area contributed by atoms with Crippen molar-refractivity contribution in [1.82, 2.24) is 5.32 Å². The summed E-state index contributed by atoms with van der Waals surface area (Å²) in [4.78, 5) is 11.5. The van der Waals surface area contributed by atoms with Gasteiger partial charge in [0.1, 0.15) is 5.76 Å². The van der Waals surface area contributed by atoms with Crippen LogP contribution in [0, 0.1) is 5.92 Å². The minimum Gasteiger partial charge on any atom is -0.460 e. The summed E-state index contributed by atoms with van der Waals surface area (Å²) in [7, 11) is 0. The van der Waals surface area contributed by atoms with Crippen LogP contribution < -0.4 is 5.32 Å². The zero-order valence-corrected chi connectivity index (χ0v) is 12.6. The number of aliphatic hydroxyl groups excluding tert-OH is 1. The molecule has 5 nitrogen and oxygen atoms in total. The number of nitrogens with one attached hydrogen (secondary N) is 1. The quantitative estimate of drug-likeness (QED) is 0.623. The van der Waals surface area contributed by atoms with Crippen LogP contribution in [0.4, 0.5) is 0 Å². The van der Waals surface area contributed by atoms with E-state index in [9.17, 15) is 9.90 Å². The lowest BCUT2D eigenvalue weighted by Crippen LogP contribution is -2.36. The summed E-state index contributed by atoms with van der Waals surface area (Å²) in [5.74, 6) is 0.852. The third kappa shape index (κ3) is 4.58. The molecule has 0 aliphatic heterocycles. The van der Waals surface area contributed by atoms with Crippen LogP contribution in [0.15, 0.2) is 16.5 Å². The minimum absolute atomic E-state index is 0.226. The molecule has 5 heteroatoms. The van der Waals surface area contributed by atoms with Crippen molar-refractivity contribution in [2.24, 2.45) is 5.92 Å². The smallest absolute Gasteiger partial charge is 0.374 e. The molecule has 118 valence electrons. The van der Waals surface area contributed by atoms with Gasteiger partial charge in [-0.15, -0.1) is 0 Å². The maximum atomic E-state index is 11.5. The number of esters is 1. The molecule has 0 saturated heterocycles. The summed E-state index contributed by atoms with van der Waals surface area (Å²) in [5.41, 5.74) is 0. The van der Waals surface area contributed by atoms with Crippen molar-refractivity contribution < 1.29 is 19.1 Å².